The Bertz CT molecular complexity index is 655. The van der Waals surface area contributed by atoms with Gasteiger partial charge in [0.1, 0.15) is 0 Å². The number of carbonyl (C=O) groups is 2. The molecule has 1 aliphatic heterocycles. The van der Waals surface area contributed by atoms with Crippen LogP contribution in [0, 0.1) is 12.3 Å². The maximum absolute atomic E-state index is 11.8. The Morgan fingerprint density at radius 2 is 2.09 bits per heavy atom. The molecule has 0 saturated heterocycles. The summed E-state index contributed by atoms with van der Waals surface area (Å²) in [6.45, 7) is 0.506. The number of carbonyl (C=O) groups excluding carboxylic acids is 1. The molecule has 120 valence electrons. The average Bonchev–Trinajstić information content (AvgIpc) is 3.31. The fourth-order valence-corrected chi connectivity index (χ4v) is 2.28. The van der Waals surface area contributed by atoms with Crippen molar-refractivity contribution in [3.8, 4) is 12.3 Å². The van der Waals surface area contributed by atoms with Crippen molar-refractivity contribution in [2.45, 2.75) is 37.8 Å². The number of nitrogens with one attached hydrogen (secondary N) is 1. The Labute approximate surface area is 135 Å². The quantitative estimate of drug-likeness (QED) is 0.686. The van der Waals surface area contributed by atoms with Crippen LogP contribution in [0.4, 0.5) is 0 Å². The largest absolute Gasteiger partial charge is 0.478 e. The molecule has 0 aliphatic carbocycles. The second-order valence-electron chi connectivity index (χ2n) is 5.49. The fraction of sp³-hybridized carbons (Fsp3) is 0.412. The summed E-state index contributed by atoms with van der Waals surface area (Å²) in [7, 11) is 0. The van der Waals surface area contributed by atoms with Crippen LogP contribution in [-0.4, -0.2) is 29.2 Å². The highest BCUT2D eigenvalue weighted by atomic mass is 16.4. The number of carboxylic acids is 1. The van der Waals surface area contributed by atoms with Gasteiger partial charge in [-0.15, -0.1) is 12.3 Å². The van der Waals surface area contributed by atoms with Gasteiger partial charge in [-0.3, -0.25) is 4.79 Å². The fourth-order valence-electron chi connectivity index (χ4n) is 2.28. The van der Waals surface area contributed by atoms with Crippen LogP contribution < -0.4 is 5.32 Å². The van der Waals surface area contributed by atoms with E-state index in [9.17, 15) is 9.59 Å². The Kier molecular flexibility index (Phi) is 5.47. The molecule has 1 aromatic rings. The van der Waals surface area contributed by atoms with E-state index in [-0.39, 0.29) is 17.1 Å². The lowest BCUT2D eigenvalue weighted by Crippen LogP contribution is -2.28. The van der Waals surface area contributed by atoms with Crippen LogP contribution in [-0.2, 0) is 11.2 Å². The lowest BCUT2D eigenvalue weighted by Gasteiger charge is -2.10. The third kappa shape index (κ3) is 5.22. The van der Waals surface area contributed by atoms with E-state index in [1.54, 1.807) is 12.1 Å². The van der Waals surface area contributed by atoms with Gasteiger partial charge in [0, 0.05) is 32.2 Å². The summed E-state index contributed by atoms with van der Waals surface area (Å²) in [5.74, 6) is 1.53. The van der Waals surface area contributed by atoms with Crippen LogP contribution >= 0.6 is 0 Å². The maximum atomic E-state index is 11.8. The number of amides is 1. The first-order valence-electron chi connectivity index (χ1n) is 7.51. The molecule has 2 rings (SSSR count). The van der Waals surface area contributed by atoms with Crippen molar-refractivity contribution >= 4 is 11.9 Å². The first-order valence-corrected chi connectivity index (χ1v) is 7.51. The Hall–Kier alpha value is -2.68. The molecule has 0 fully saturated rings. The molecule has 6 heteroatoms. The van der Waals surface area contributed by atoms with Gasteiger partial charge in [0.25, 0.3) is 0 Å². The third-order valence-electron chi connectivity index (χ3n) is 3.71. The number of aryl methyl sites for hydroxylation is 1. The van der Waals surface area contributed by atoms with Gasteiger partial charge in [-0.2, -0.15) is 10.2 Å². The molecule has 0 spiro atoms. The van der Waals surface area contributed by atoms with E-state index >= 15 is 0 Å². The molecule has 0 unspecified atom stereocenters. The van der Waals surface area contributed by atoms with E-state index in [0.717, 1.165) is 12.0 Å². The molecular weight excluding hydrogens is 294 g/mol. The lowest BCUT2D eigenvalue weighted by molar-refractivity contribution is -0.121. The van der Waals surface area contributed by atoms with Crippen LogP contribution in [0.5, 0.6) is 0 Å². The minimum absolute atomic E-state index is 0.0709. The van der Waals surface area contributed by atoms with Gasteiger partial charge < -0.3 is 10.4 Å². The number of hydrogen-bond donors (Lipinski definition) is 2. The molecule has 1 aliphatic rings. The molecule has 0 saturated carbocycles. The van der Waals surface area contributed by atoms with Crippen LogP contribution in [0.25, 0.3) is 0 Å². The van der Waals surface area contributed by atoms with Crippen molar-refractivity contribution in [2.75, 3.05) is 6.54 Å². The number of hydrogen-bond acceptors (Lipinski definition) is 4. The van der Waals surface area contributed by atoms with Crippen molar-refractivity contribution in [2.24, 2.45) is 10.2 Å². The number of rotatable bonds is 9. The van der Waals surface area contributed by atoms with Crippen molar-refractivity contribution in [3.63, 3.8) is 0 Å². The first kappa shape index (κ1) is 16.7. The number of terminal acetylenes is 1. The van der Waals surface area contributed by atoms with Crippen LogP contribution in [0.3, 0.4) is 0 Å². The Balaban J connectivity index is 1.68. The summed E-state index contributed by atoms with van der Waals surface area (Å²) in [6.07, 6.45) is 8.05. The summed E-state index contributed by atoms with van der Waals surface area (Å²) in [5.41, 5.74) is 0.684. The number of nitrogens with zero attached hydrogens (tertiary/aromatic N) is 2. The summed E-state index contributed by atoms with van der Waals surface area (Å²) >= 11 is 0. The molecule has 6 nitrogen and oxygen atoms in total. The van der Waals surface area contributed by atoms with Gasteiger partial charge in [0.15, 0.2) is 5.66 Å². The number of aromatic carboxylic acids is 1. The summed E-state index contributed by atoms with van der Waals surface area (Å²) in [6, 6.07) is 6.62. The zero-order chi connectivity index (χ0) is 16.7. The van der Waals surface area contributed by atoms with Crippen LogP contribution in [0.2, 0.25) is 0 Å². The zero-order valence-electron chi connectivity index (χ0n) is 12.8. The SMILES string of the molecule is C#CCCC1(CCNC(=O)CCc2cccc(C(=O)O)c2)N=N1. The van der Waals surface area contributed by atoms with Gasteiger partial charge in [-0.1, -0.05) is 12.1 Å². The van der Waals surface area contributed by atoms with Crippen LogP contribution in [0.15, 0.2) is 34.5 Å². The molecule has 0 aromatic heterocycles. The molecule has 1 amide bonds. The average molecular weight is 313 g/mol. The van der Waals surface area contributed by atoms with Crippen molar-refractivity contribution in [1.29, 1.82) is 0 Å². The van der Waals surface area contributed by atoms with E-state index in [1.807, 2.05) is 6.07 Å². The van der Waals surface area contributed by atoms with Gasteiger partial charge in [-0.25, -0.2) is 4.79 Å². The second kappa shape index (κ2) is 7.54. The van der Waals surface area contributed by atoms with E-state index in [2.05, 4.69) is 21.5 Å². The molecule has 0 radical (unpaired) electrons. The lowest BCUT2D eigenvalue weighted by atomic mass is 10.0. The van der Waals surface area contributed by atoms with E-state index in [1.165, 1.54) is 6.07 Å². The number of benzene rings is 1. The molecule has 1 heterocycles. The topological polar surface area (TPSA) is 91.1 Å². The maximum Gasteiger partial charge on any atom is 0.335 e. The highest BCUT2D eigenvalue weighted by molar-refractivity contribution is 5.87. The predicted molar refractivity (Wildman–Crippen MR) is 85.0 cm³/mol. The van der Waals surface area contributed by atoms with E-state index in [0.29, 0.717) is 32.2 Å². The number of carboxylic acid groups (broad SMARTS) is 1. The first-order chi connectivity index (χ1) is 11.0. The molecule has 0 bridgehead atoms. The molecule has 0 atom stereocenters. The van der Waals surface area contributed by atoms with Gasteiger partial charge in [0.05, 0.1) is 5.56 Å². The smallest absolute Gasteiger partial charge is 0.335 e. The van der Waals surface area contributed by atoms with Crippen molar-refractivity contribution < 1.29 is 14.7 Å². The van der Waals surface area contributed by atoms with Gasteiger partial charge in [-0.05, 0) is 24.1 Å². The van der Waals surface area contributed by atoms with Crippen molar-refractivity contribution in [1.82, 2.24) is 5.32 Å². The Morgan fingerprint density at radius 3 is 2.74 bits per heavy atom. The van der Waals surface area contributed by atoms with E-state index in [4.69, 9.17) is 11.5 Å². The Morgan fingerprint density at radius 1 is 1.30 bits per heavy atom. The monoisotopic (exact) mass is 313 g/mol. The molecule has 1 aromatic carbocycles. The summed E-state index contributed by atoms with van der Waals surface area (Å²) < 4.78 is 0. The summed E-state index contributed by atoms with van der Waals surface area (Å²) in [4.78, 5) is 22.7. The highest BCUT2D eigenvalue weighted by Crippen LogP contribution is 2.35. The highest BCUT2D eigenvalue weighted by Gasteiger charge is 2.38. The van der Waals surface area contributed by atoms with Crippen molar-refractivity contribution in [3.05, 3.63) is 35.4 Å². The second-order valence-corrected chi connectivity index (χ2v) is 5.49. The van der Waals surface area contributed by atoms with E-state index < -0.39 is 5.97 Å². The molecule has 23 heavy (non-hydrogen) atoms. The standard InChI is InChI=1S/C17H19N3O3/c1-2-3-9-17(19-20-17)10-11-18-15(21)8-7-13-5-4-6-14(12-13)16(22)23/h1,4-6,12H,3,7-11H2,(H,18,21)(H,22,23). The van der Waals surface area contributed by atoms with Crippen LogP contribution in [0.1, 0.15) is 41.6 Å². The zero-order valence-corrected chi connectivity index (χ0v) is 12.8. The molecular formula is C17H19N3O3. The predicted octanol–water partition coefficient (Wildman–Crippen LogP) is 2.40. The summed E-state index contributed by atoms with van der Waals surface area (Å²) in [5, 5.41) is 19.8. The molecule has 2 N–H and O–H groups in total. The minimum atomic E-state index is -0.967. The third-order valence-corrected chi connectivity index (χ3v) is 3.71. The minimum Gasteiger partial charge on any atom is -0.478 e. The van der Waals surface area contributed by atoms with Gasteiger partial charge in [0.2, 0.25) is 5.91 Å². The van der Waals surface area contributed by atoms with Gasteiger partial charge >= 0.3 is 5.97 Å². The normalized spacial score (nSPS) is 14.0.